The van der Waals surface area contributed by atoms with E-state index in [0.717, 1.165) is 22.1 Å². The molecule has 0 spiro atoms. The van der Waals surface area contributed by atoms with Crippen LogP contribution in [0.15, 0.2) is 23.1 Å². The van der Waals surface area contributed by atoms with Crippen LogP contribution in [0, 0.1) is 11.6 Å². The van der Waals surface area contributed by atoms with Gasteiger partial charge in [-0.1, -0.05) is 6.92 Å². The Bertz CT molecular complexity index is 988. The molecule has 0 fully saturated rings. The van der Waals surface area contributed by atoms with Gasteiger partial charge >= 0.3 is 0 Å². The van der Waals surface area contributed by atoms with E-state index in [-0.39, 0.29) is 25.5 Å². The summed E-state index contributed by atoms with van der Waals surface area (Å²) in [6.45, 7) is 2.09. The third kappa shape index (κ3) is 3.72. The fourth-order valence-electron chi connectivity index (χ4n) is 3.00. The number of nitrogens with zero attached hydrogens (tertiary/aromatic N) is 3. The summed E-state index contributed by atoms with van der Waals surface area (Å²) in [5.74, 6) is -1.31. The van der Waals surface area contributed by atoms with Gasteiger partial charge in [0.2, 0.25) is 15.9 Å². The molecule has 0 atom stereocenters. The summed E-state index contributed by atoms with van der Waals surface area (Å²) < 4.78 is 55.8. The van der Waals surface area contributed by atoms with Gasteiger partial charge in [0.15, 0.2) is 0 Å². The van der Waals surface area contributed by atoms with Crippen LogP contribution in [-0.2, 0) is 41.4 Å². The number of sulfonamides is 1. The van der Waals surface area contributed by atoms with Gasteiger partial charge < -0.3 is 9.88 Å². The van der Waals surface area contributed by atoms with Gasteiger partial charge in [0.25, 0.3) is 0 Å². The van der Waals surface area contributed by atoms with Crippen LogP contribution in [0.2, 0.25) is 0 Å². The number of nitrogens with one attached hydrogen (secondary N) is 1. The molecule has 2 heterocycles. The van der Waals surface area contributed by atoms with E-state index in [0.29, 0.717) is 30.4 Å². The number of carbonyl (C=O) groups is 1. The van der Waals surface area contributed by atoms with Crippen LogP contribution in [0.3, 0.4) is 0 Å². The molecule has 3 rings (SSSR count). The van der Waals surface area contributed by atoms with Crippen LogP contribution < -0.4 is 5.32 Å². The standard InChI is InChI=1S/C17H20F2N4O3S/c1-3-17(24)20-9-16-21-13-6-7-23(10-14(13)22(16)2)27(25,26)15-8-11(18)4-5-12(15)19/h4-5,8H,3,6-7,9-10H2,1-2H3,(H,20,24). The predicted octanol–water partition coefficient (Wildman–Crippen LogP) is 1.47. The highest BCUT2D eigenvalue weighted by molar-refractivity contribution is 7.89. The Morgan fingerprint density at radius 2 is 2.07 bits per heavy atom. The van der Waals surface area contributed by atoms with E-state index in [1.54, 1.807) is 18.5 Å². The lowest BCUT2D eigenvalue weighted by molar-refractivity contribution is -0.120. The number of halogens is 2. The number of aromatic nitrogens is 2. The second-order valence-electron chi connectivity index (χ2n) is 6.27. The summed E-state index contributed by atoms with van der Waals surface area (Å²) in [5, 5.41) is 2.73. The molecule has 0 bridgehead atoms. The average molecular weight is 398 g/mol. The number of hydrogen-bond acceptors (Lipinski definition) is 4. The molecule has 1 N–H and O–H groups in total. The van der Waals surface area contributed by atoms with Crippen LogP contribution >= 0.6 is 0 Å². The van der Waals surface area contributed by atoms with Gasteiger partial charge in [-0.05, 0) is 18.2 Å². The normalized spacial score (nSPS) is 14.8. The van der Waals surface area contributed by atoms with Crippen LogP contribution in [-0.4, -0.2) is 34.7 Å². The van der Waals surface area contributed by atoms with E-state index in [9.17, 15) is 22.0 Å². The predicted molar refractivity (Wildman–Crippen MR) is 93.0 cm³/mol. The zero-order chi connectivity index (χ0) is 19.8. The Morgan fingerprint density at radius 1 is 1.33 bits per heavy atom. The molecule has 0 radical (unpaired) electrons. The van der Waals surface area contributed by atoms with Crippen LogP contribution in [0.5, 0.6) is 0 Å². The zero-order valence-corrected chi connectivity index (χ0v) is 15.8. The van der Waals surface area contributed by atoms with E-state index in [1.165, 1.54) is 0 Å². The number of hydrogen-bond donors (Lipinski definition) is 1. The molecule has 10 heteroatoms. The Balaban J connectivity index is 1.86. The van der Waals surface area contributed by atoms with Crippen LogP contribution in [0.25, 0.3) is 0 Å². The summed E-state index contributed by atoms with van der Waals surface area (Å²) >= 11 is 0. The fraction of sp³-hybridized carbons (Fsp3) is 0.412. The number of amides is 1. The van der Waals surface area contributed by atoms with Gasteiger partial charge in [-0.2, -0.15) is 4.31 Å². The van der Waals surface area contributed by atoms with Crippen molar-refractivity contribution >= 4 is 15.9 Å². The number of rotatable bonds is 5. The minimum Gasteiger partial charge on any atom is -0.349 e. The fourth-order valence-corrected chi connectivity index (χ4v) is 4.48. The third-order valence-electron chi connectivity index (χ3n) is 4.59. The minimum atomic E-state index is -4.19. The molecule has 1 aromatic carbocycles. The van der Waals surface area contributed by atoms with Crippen molar-refractivity contribution in [2.24, 2.45) is 7.05 Å². The Kier molecular flexibility index (Phi) is 5.29. The van der Waals surface area contributed by atoms with Gasteiger partial charge in [0.05, 0.1) is 24.5 Å². The molecule has 0 aliphatic carbocycles. The molecular weight excluding hydrogens is 378 g/mol. The molecular formula is C17H20F2N4O3S. The third-order valence-corrected chi connectivity index (χ3v) is 6.45. The van der Waals surface area contributed by atoms with Crippen molar-refractivity contribution in [2.45, 2.75) is 37.8 Å². The molecule has 0 saturated carbocycles. The molecule has 0 saturated heterocycles. The van der Waals surface area contributed by atoms with Gasteiger partial charge in [0.1, 0.15) is 22.4 Å². The SMILES string of the molecule is CCC(=O)NCc1nc2c(n1C)CN(S(=O)(=O)c1cc(F)ccc1F)CC2. The summed E-state index contributed by atoms with van der Waals surface area (Å²) in [4.78, 5) is 15.2. The van der Waals surface area contributed by atoms with E-state index < -0.39 is 26.6 Å². The minimum absolute atomic E-state index is 0.00115. The Labute approximate surface area is 156 Å². The first-order valence-electron chi connectivity index (χ1n) is 8.49. The molecule has 27 heavy (non-hydrogen) atoms. The second kappa shape index (κ2) is 7.35. The number of benzene rings is 1. The summed E-state index contributed by atoms with van der Waals surface area (Å²) in [5.41, 5.74) is 1.41. The molecule has 1 aliphatic rings. The first-order valence-corrected chi connectivity index (χ1v) is 9.93. The Morgan fingerprint density at radius 3 is 2.78 bits per heavy atom. The number of carbonyl (C=O) groups excluding carboxylic acids is 1. The van der Waals surface area contributed by atoms with Gasteiger partial charge in [-0.25, -0.2) is 22.2 Å². The molecule has 0 unspecified atom stereocenters. The molecule has 1 aromatic heterocycles. The second-order valence-corrected chi connectivity index (χ2v) is 8.18. The number of fused-ring (bicyclic) bond motifs is 1. The molecule has 1 aliphatic heterocycles. The van der Waals surface area contributed by atoms with E-state index in [2.05, 4.69) is 10.3 Å². The van der Waals surface area contributed by atoms with Crippen molar-refractivity contribution in [3.05, 3.63) is 47.0 Å². The van der Waals surface area contributed by atoms with Crippen molar-refractivity contribution < 1.29 is 22.0 Å². The molecule has 7 nitrogen and oxygen atoms in total. The van der Waals surface area contributed by atoms with Crippen LogP contribution in [0.1, 0.15) is 30.6 Å². The first-order chi connectivity index (χ1) is 12.7. The maximum absolute atomic E-state index is 14.0. The lowest BCUT2D eigenvalue weighted by Crippen LogP contribution is -2.37. The smallest absolute Gasteiger partial charge is 0.246 e. The van der Waals surface area contributed by atoms with Crippen molar-refractivity contribution in [3.63, 3.8) is 0 Å². The average Bonchev–Trinajstić information content (AvgIpc) is 2.97. The highest BCUT2D eigenvalue weighted by atomic mass is 32.2. The summed E-state index contributed by atoms with van der Waals surface area (Å²) in [7, 11) is -2.45. The van der Waals surface area contributed by atoms with E-state index in [4.69, 9.17) is 0 Å². The first kappa shape index (κ1) is 19.4. The van der Waals surface area contributed by atoms with Crippen molar-refractivity contribution in [2.75, 3.05) is 6.54 Å². The van der Waals surface area contributed by atoms with Crippen LogP contribution in [0.4, 0.5) is 8.78 Å². The molecule has 1 amide bonds. The Hall–Kier alpha value is -2.33. The van der Waals surface area contributed by atoms with E-state index in [1.807, 2.05) is 0 Å². The lowest BCUT2D eigenvalue weighted by atomic mass is 10.2. The van der Waals surface area contributed by atoms with Crippen molar-refractivity contribution in [1.29, 1.82) is 0 Å². The maximum Gasteiger partial charge on any atom is 0.246 e. The highest BCUT2D eigenvalue weighted by Crippen LogP contribution is 2.27. The molecule has 146 valence electrons. The van der Waals surface area contributed by atoms with Gasteiger partial charge in [0, 0.05) is 26.4 Å². The largest absolute Gasteiger partial charge is 0.349 e. The van der Waals surface area contributed by atoms with E-state index >= 15 is 0 Å². The zero-order valence-electron chi connectivity index (χ0n) is 15.0. The number of imidazole rings is 1. The molecule has 2 aromatic rings. The monoisotopic (exact) mass is 398 g/mol. The lowest BCUT2D eigenvalue weighted by Gasteiger charge is -2.26. The summed E-state index contributed by atoms with van der Waals surface area (Å²) in [6, 6.07) is 2.37. The summed E-state index contributed by atoms with van der Waals surface area (Å²) in [6.07, 6.45) is 0.705. The topological polar surface area (TPSA) is 84.3 Å². The highest BCUT2D eigenvalue weighted by Gasteiger charge is 2.33. The van der Waals surface area contributed by atoms with Gasteiger partial charge in [-0.15, -0.1) is 0 Å². The quantitative estimate of drug-likeness (QED) is 0.827. The maximum atomic E-state index is 14.0. The van der Waals surface area contributed by atoms with Crippen molar-refractivity contribution in [1.82, 2.24) is 19.2 Å². The van der Waals surface area contributed by atoms with Crippen molar-refractivity contribution in [3.8, 4) is 0 Å². The van der Waals surface area contributed by atoms with Gasteiger partial charge in [-0.3, -0.25) is 4.79 Å².